The fraction of sp³-hybridized carbons (Fsp3) is 0.278. The van der Waals surface area contributed by atoms with E-state index in [4.69, 9.17) is 9.72 Å². The smallest absolute Gasteiger partial charge is 0.124 e. The zero-order valence-electron chi connectivity index (χ0n) is 14.0. The van der Waals surface area contributed by atoms with Gasteiger partial charge >= 0.3 is 0 Å². The number of rotatable bonds is 8. The highest BCUT2D eigenvalue weighted by atomic mass is 32.1. The second-order valence-corrected chi connectivity index (χ2v) is 7.44. The Hall–Kier alpha value is -1.41. The summed E-state index contributed by atoms with van der Waals surface area (Å²) in [6.07, 6.45) is 0. The number of benzene rings is 2. The molecule has 0 unspecified atom stereocenters. The molecule has 3 aromatic rings. The van der Waals surface area contributed by atoms with E-state index in [2.05, 4.69) is 54.1 Å². The summed E-state index contributed by atoms with van der Waals surface area (Å²) in [6.45, 7) is 2.66. The average Bonchev–Trinajstić information content (AvgIpc) is 3.05. The number of aromatic nitrogens is 1. The van der Waals surface area contributed by atoms with Gasteiger partial charge in [0.2, 0.25) is 0 Å². The Morgan fingerprint density at radius 3 is 2.76 bits per heavy atom. The molecule has 1 heterocycles. The molecule has 132 valence electrons. The van der Waals surface area contributed by atoms with E-state index in [1.807, 2.05) is 18.2 Å². The van der Waals surface area contributed by atoms with E-state index < -0.39 is 0 Å². The van der Waals surface area contributed by atoms with Crippen molar-refractivity contribution in [1.82, 2.24) is 10.3 Å². The second kappa shape index (κ2) is 8.80. The molecule has 7 heteroatoms. The zero-order valence-corrected chi connectivity index (χ0v) is 16.6. The molecule has 0 bridgehead atoms. The van der Waals surface area contributed by atoms with Crippen molar-refractivity contribution in [3.05, 3.63) is 36.4 Å². The molecule has 0 fully saturated rings. The number of ether oxygens (including phenoxy) is 1. The third-order valence-corrected chi connectivity index (χ3v) is 5.41. The predicted molar refractivity (Wildman–Crippen MR) is 114 cm³/mol. The maximum atomic E-state index is 5.28. The predicted octanol–water partition coefficient (Wildman–Crippen LogP) is 4.19. The van der Waals surface area contributed by atoms with Crippen LogP contribution in [0, 0.1) is 0 Å². The molecule has 1 aromatic heterocycles. The number of anilines is 1. The first kappa shape index (κ1) is 18.4. The molecule has 3 rings (SSSR count). The van der Waals surface area contributed by atoms with Crippen molar-refractivity contribution in [2.75, 3.05) is 37.8 Å². The summed E-state index contributed by atoms with van der Waals surface area (Å²) in [5, 5.41) is 7.69. The summed E-state index contributed by atoms with van der Waals surface area (Å²) >= 11 is 10.5. The molecule has 0 saturated carbocycles. The lowest BCUT2D eigenvalue weighted by Gasteiger charge is -2.10. The van der Waals surface area contributed by atoms with Gasteiger partial charge in [-0.3, -0.25) is 0 Å². The van der Waals surface area contributed by atoms with Crippen LogP contribution in [0.3, 0.4) is 0 Å². The highest BCUT2D eigenvalue weighted by Crippen LogP contribution is 2.34. The van der Waals surface area contributed by atoms with Gasteiger partial charge in [-0.05, 0) is 36.4 Å². The van der Waals surface area contributed by atoms with Crippen LogP contribution in [-0.2, 0) is 0 Å². The largest absolute Gasteiger partial charge is 0.497 e. The first-order chi connectivity index (χ1) is 12.2. The van der Waals surface area contributed by atoms with Crippen LogP contribution in [0.25, 0.3) is 20.8 Å². The molecular weight excluding hydrogens is 370 g/mol. The fourth-order valence-electron chi connectivity index (χ4n) is 2.46. The van der Waals surface area contributed by atoms with Crippen LogP contribution in [0.4, 0.5) is 5.69 Å². The molecule has 2 N–H and O–H groups in total. The first-order valence-electron chi connectivity index (χ1n) is 8.04. The lowest BCUT2D eigenvalue weighted by Crippen LogP contribution is -2.23. The van der Waals surface area contributed by atoms with E-state index in [-0.39, 0.29) is 0 Å². The number of hydrogen-bond donors (Lipinski definition) is 4. The summed E-state index contributed by atoms with van der Waals surface area (Å²) in [5.41, 5.74) is 3.09. The normalized spacial score (nSPS) is 11.0. The van der Waals surface area contributed by atoms with E-state index in [9.17, 15) is 0 Å². The van der Waals surface area contributed by atoms with Gasteiger partial charge in [-0.15, -0.1) is 24.0 Å². The number of thiol groups is 2. The van der Waals surface area contributed by atoms with Crippen molar-refractivity contribution in [3.63, 3.8) is 0 Å². The van der Waals surface area contributed by atoms with Crippen LogP contribution in [0.5, 0.6) is 5.75 Å². The van der Waals surface area contributed by atoms with Crippen molar-refractivity contribution < 1.29 is 4.74 Å². The van der Waals surface area contributed by atoms with Crippen molar-refractivity contribution in [2.45, 2.75) is 4.90 Å². The summed E-state index contributed by atoms with van der Waals surface area (Å²) in [4.78, 5) is 5.64. The van der Waals surface area contributed by atoms with E-state index in [1.54, 1.807) is 18.4 Å². The number of fused-ring (bicyclic) bond motifs is 1. The van der Waals surface area contributed by atoms with Crippen LogP contribution >= 0.6 is 36.6 Å². The van der Waals surface area contributed by atoms with E-state index in [1.165, 1.54) is 0 Å². The molecule has 0 aliphatic rings. The van der Waals surface area contributed by atoms with Crippen molar-refractivity contribution in [1.29, 1.82) is 0 Å². The second-order valence-electron chi connectivity index (χ2n) is 5.48. The number of nitrogens with zero attached hydrogens (tertiary/aromatic N) is 1. The van der Waals surface area contributed by atoms with Gasteiger partial charge < -0.3 is 15.4 Å². The quantitative estimate of drug-likeness (QED) is 0.343. The minimum absolute atomic E-state index is 0.848. The Morgan fingerprint density at radius 1 is 1.12 bits per heavy atom. The SMILES string of the molecule is COc1ccc2nc(-c3ccc(NCCNCCS)c(S)c3)sc2c1. The molecule has 25 heavy (non-hydrogen) atoms. The van der Waals surface area contributed by atoms with Crippen molar-refractivity contribution in [2.24, 2.45) is 0 Å². The van der Waals surface area contributed by atoms with E-state index in [0.717, 1.165) is 62.5 Å². The summed E-state index contributed by atoms with van der Waals surface area (Å²) in [5.74, 6) is 1.70. The van der Waals surface area contributed by atoms with Gasteiger partial charge in [0, 0.05) is 41.5 Å². The molecular formula is C18H21N3OS3. The highest BCUT2D eigenvalue weighted by Gasteiger charge is 2.09. The lowest BCUT2D eigenvalue weighted by atomic mass is 10.2. The lowest BCUT2D eigenvalue weighted by molar-refractivity contribution is 0.415. The third-order valence-electron chi connectivity index (χ3n) is 3.75. The number of hydrogen-bond acceptors (Lipinski definition) is 7. The Labute approximate surface area is 162 Å². The Balaban J connectivity index is 1.73. The van der Waals surface area contributed by atoms with Gasteiger partial charge in [0.25, 0.3) is 0 Å². The molecule has 2 aromatic carbocycles. The van der Waals surface area contributed by atoms with Gasteiger partial charge in [0.05, 0.1) is 17.3 Å². The Kier molecular flexibility index (Phi) is 6.47. The monoisotopic (exact) mass is 391 g/mol. The minimum Gasteiger partial charge on any atom is -0.497 e. The van der Waals surface area contributed by atoms with Crippen LogP contribution in [0.2, 0.25) is 0 Å². The maximum Gasteiger partial charge on any atom is 0.124 e. The number of methoxy groups -OCH3 is 1. The third kappa shape index (κ3) is 4.61. The maximum absolute atomic E-state index is 5.28. The van der Waals surface area contributed by atoms with Crippen molar-refractivity contribution in [3.8, 4) is 16.3 Å². The minimum atomic E-state index is 0.848. The molecule has 0 radical (unpaired) electrons. The van der Waals surface area contributed by atoms with E-state index >= 15 is 0 Å². The summed E-state index contributed by atoms with van der Waals surface area (Å²) in [6, 6.07) is 12.1. The molecule has 4 nitrogen and oxygen atoms in total. The average molecular weight is 392 g/mol. The molecule has 0 atom stereocenters. The van der Waals surface area contributed by atoms with Crippen LogP contribution < -0.4 is 15.4 Å². The Morgan fingerprint density at radius 2 is 2.00 bits per heavy atom. The van der Waals surface area contributed by atoms with E-state index in [0.29, 0.717) is 0 Å². The highest BCUT2D eigenvalue weighted by molar-refractivity contribution is 7.80. The molecule has 0 aliphatic heterocycles. The van der Waals surface area contributed by atoms with Gasteiger partial charge in [0.1, 0.15) is 10.8 Å². The van der Waals surface area contributed by atoms with Gasteiger partial charge in [-0.1, -0.05) is 0 Å². The van der Waals surface area contributed by atoms with Gasteiger partial charge in [-0.25, -0.2) is 4.98 Å². The Bertz CT molecular complexity index is 851. The standard InChI is InChI=1S/C18H21N3OS3/c1-22-13-3-5-15-17(11-13)25-18(21-15)12-2-4-14(16(24)10-12)20-7-6-19-8-9-23/h2-5,10-11,19-20,23-24H,6-9H2,1H3. The van der Waals surface area contributed by atoms with Crippen LogP contribution in [0.15, 0.2) is 41.3 Å². The van der Waals surface area contributed by atoms with Gasteiger partial charge in [0.15, 0.2) is 0 Å². The fourth-order valence-corrected chi connectivity index (χ4v) is 3.90. The van der Waals surface area contributed by atoms with Crippen molar-refractivity contribution >= 4 is 52.5 Å². The van der Waals surface area contributed by atoms with Crippen LogP contribution in [-0.4, -0.2) is 37.5 Å². The molecule has 0 spiro atoms. The molecule has 0 amide bonds. The molecule has 0 saturated heterocycles. The zero-order chi connectivity index (χ0) is 17.6. The number of nitrogens with one attached hydrogen (secondary N) is 2. The number of thiazole rings is 1. The molecule has 0 aliphatic carbocycles. The van der Waals surface area contributed by atoms with Gasteiger partial charge in [-0.2, -0.15) is 12.6 Å². The first-order valence-corrected chi connectivity index (χ1v) is 9.94. The summed E-state index contributed by atoms with van der Waals surface area (Å²) in [7, 11) is 1.68. The topological polar surface area (TPSA) is 46.2 Å². The summed E-state index contributed by atoms with van der Waals surface area (Å²) < 4.78 is 6.40. The van der Waals surface area contributed by atoms with Crippen LogP contribution in [0.1, 0.15) is 0 Å².